The van der Waals surface area contributed by atoms with Crippen molar-refractivity contribution < 1.29 is 13.2 Å². The van der Waals surface area contributed by atoms with Gasteiger partial charge in [0.15, 0.2) is 17.3 Å². The molecular weight excluding hydrogens is 355 g/mol. The Balaban J connectivity index is 1.58. The van der Waals surface area contributed by atoms with Crippen molar-refractivity contribution in [3.05, 3.63) is 59.2 Å². The lowest BCUT2D eigenvalue weighted by atomic mass is 9.85. The Bertz CT molecular complexity index is 1010. The number of hydrogen-bond acceptors (Lipinski definition) is 5. The second kappa shape index (κ2) is 6.77. The van der Waals surface area contributed by atoms with Gasteiger partial charge in [-0.1, -0.05) is 0 Å². The molecule has 1 unspecified atom stereocenters. The van der Waals surface area contributed by atoms with Gasteiger partial charge in [-0.05, 0) is 37.1 Å². The molecule has 3 aromatic rings. The van der Waals surface area contributed by atoms with E-state index in [2.05, 4.69) is 15.0 Å². The average molecular weight is 373 g/mol. The van der Waals surface area contributed by atoms with Crippen molar-refractivity contribution in [1.29, 1.82) is 0 Å². The minimum atomic E-state index is -1.20. The lowest BCUT2D eigenvalue weighted by Gasteiger charge is -2.37. The summed E-state index contributed by atoms with van der Waals surface area (Å²) >= 11 is 0. The number of nitrogens with two attached hydrogens (primary N) is 1. The van der Waals surface area contributed by atoms with Crippen LogP contribution in [0.25, 0.3) is 11.2 Å². The lowest BCUT2D eigenvalue weighted by Crippen LogP contribution is -2.48. The van der Waals surface area contributed by atoms with E-state index >= 15 is 0 Å². The van der Waals surface area contributed by atoms with E-state index in [1.54, 1.807) is 6.20 Å². The first-order chi connectivity index (χ1) is 12.9. The van der Waals surface area contributed by atoms with E-state index in [1.807, 2.05) is 24.0 Å². The molecular formula is C19H18F3N5. The van der Waals surface area contributed by atoms with Gasteiger partial charge in [-0.3, -0.25) is 4.98 Å². The Morgan fingerprint density at radius 3 is 2.63 bits per heavy atom. The van der Waals surface area contributed by atoms with Crippen LogP contribution in [0.5, 0.6) is 0 Å². The summed E-state index contributed by atoms with van der Waals surface area (Å²) in [6.07, 6.45) is 2.18. The number of piperidine rings is 1. The molecule has 140 valence electrons. The highest BCUT2D eigenvalue weighted by atomic mass is 19.2. The molecule has 4 rings (SSSR count). The first-order valence-corrected chi connectivity index (χ1v) is 8.68. The zero-order valence-electron chi connectivity index (χ0n) is 14.7. The Morgan fingerprint density at radius 2 is 1.85 bits per heavy atom. The highest BCUT2D eigenvalue weighted by Gasteiger charge is 2.31. The second-order valence-electron chi connectivity index (χ2n) is 6.82. The van der Waals surface area contributed by atoms with Gasteiger partial charge in [0.2, 0.25) is 0 Å². The first-order valence-electron chi connectivity index (χ1n) is 8.68. The predicted octanol–water partition coefficient (Wildman–Crippen LogP) is 3.07. The standard InChI is InChI=1S/C19H18F3N5/c1-10-8-24-17-2-3-18(26-19(17)25-10)27-5-4-11(16(23)9-27)12-6-14(21)15(22)7-13(12)20/h2-3,6-8,11,16H,4-5,9,23H2,1H3/t11?,16-/m0/s1. The highest BCUT2D eigenvalue weighted by molar-refractivity contribution is 5.72. The third-order valence-electron chi connectivity index (χ3n) is 4.93. The topological polar surface area (TPSA) is 67.9 Å². The third-order valence-corrected chi connectivity index (χ3v) is 4.93. The first kappa shape index (κ1) is 17.7. The molecule has 5 nitrogen and oxygen atoms in total. The number of benzene rings is 1. The van der Waals surface area contributed by atoms with Gasteiger partial charge in [0.25, 0.3) is 0 Å². The highest BCUT2D eigenvalue weighted by Crippen LogP contribution is 2.32. The van der Waals surface area contributed by atoms with Crippen LogP contribution < -0.4 is 10.6 Å². The Morgan fingerprint density at radius 1 is 1.07 bits per heavy atom. The van der Waals surface area contributed by atoms with Crippen molar-refractivity contribution in [2.24, 2.45) is 5.73 Å². The van der Waals surface area contributed by atoms with Crippen LogP contribution in [0.3, 0.4) is 0 Å². The number of aryl methyl sites for hydroxylation is 1. The number of hydrogen-bond donors (Lipinski definition) is 1. The van der Waals surface area contributed by atoms with E-state index in [-0.39, 0.29) is 11.5 Å². The molecule has 0 saturated carbocycles. The van der Waals surface area contributed by atoms with Crippen LogP contribution in [0.2, 0.25) is 0 Å². The number of aromatic nitrogens is 3. The molecule has 1 aliphatic rings. The molecule has 0 amide bonds. The Hall–Kier alpha value is -2.74. The smallest absolute Gasteiger partial charge is 0.180 e. The zero-order chi connectivity index (χ0) is 19.1. The summed E-state index contributed by atoms with van der Waals surface area (Å²) in [6, 6.07) is 4.74. The van der Waals surface area contributed by atoms with Crippen molar-refractivity contribution in [3.8, 4) is 0 Å². The Kier molecular flexibility index (Phi) is 4.43. The van der Waals surface area contributed by atoms with Crippen LogP contribution in [-0.4, -0.2) is 34.1 Å². The number of fused-ring (bicyclic) bond motifs is 1. The van der Waals surface area contributed by atoms with E-state index in [0.717, 1.165) is 11.8 Å². The summed E-state index contributed by atoms with van der Waals surface area (Å²) in [6.45, 7) is 2.83. The van der Waals surface area contributed by atoms with Gasteiger partial charge >= 0.3 is 0 Å². The molecule has 0 radical (unpaired) electrons. The van der Waals surface area contributed by atoms with Crippen molar-refractivity contribution in [3.63, 3.8) is 0 Å². The van der Waals surface area contributed by atoms with Crippen molar-refractivity contribution in [2.75, 3.05) is 18.0 Å². The van der Waals surface area contributed by atoms with Gasteiger partial charge < -0.3 is 10.6 Å². The van der Waals surface area contributed by atoms with E-state index in [4.69, 9.17) is 5.73 Å². The summed E-state index contributed by atoms with van der Waals surface area (Å²) in [5, 5.41) is 0. The van der Waals surface area contributed by atoms with Crippen LogP contribution in [0.1, 0.15) is 23.6 Å². The van der Waals surface area contributed by atoms with Crippen LogP contribution in [-0.2, 0) is 0 Å². The molecule has 1 fully saturated rings. The quantitative estimate of drug-likeness (QED) is 0.700. The maximum Gasteiger partial charge on any atom is 0.180 e. The third kappa shape index (κ3) is 3.32. The lowest BCUT2D eigenvalue weighted by molar-refractivity contribution is 0.416. The van der Waals surface area contributed by atoms with Gasteiger partial charge in [0, 0.05) is 37.3 Å². The normalized spacial score (nSPS) is 20.3. The molecule has 1 aliphatic heterocycles. The van der Waals surface area contributed by atoms with Gasteiger partial charge in [-0.2, -0.15) is 0 Å². The maximum atomic E-state index is 14.1. The molecule has 1 aromatic carbocycles. The molecule has 1 saturated heterocycles. The minimum absolute atomic E-state index is 0.119. The minimum Gasteiger partial charge on any atom is -0.355 e. The Labute approximate surface area is 154 Å². The van der Waals surface area contributed by atoms with Crippen molar-refractivity contribution in [1.82, 2.24) is 15.0 Å². The van der Waals surface area contributed by atoms with Crippen molar-refractivity contribution in [2.45, 2.75) is 25.3 Å². The van der Waals surface area contributed by atoms with Crippen molar-refractivity contribution >= 4 is 17.0 Å². The molecule has 3 heterocycles. The van der Waals surface area contributed by atoms with Crippen LogP contribution >= 0.6 is 0 Å². The fourth-order valence-electron chi connectivity index (χ4n) is 3.55. The SMILES string of the molecule is Cc1cnc2ccc(N3CCC(c4cc(F)c(F)cc4F)[C@@H](N)C3)nc2n1. The van der Waals surface area contributed by atoms with Crippen LogP contribution in [0.15, 0.2) is 30.5 Å². The maximum absolute atomic E-state index is 14.1. The van der Waals surface area contributed by atoms with Gasteiger partial charge in [-0.15, -0.1) is 0 Å². The number of rotatable bonds is 2. The van der Waals surface area contributed by atoms with E-state index in [9.17, 15) is 13.2 Å². The van der Waals surface area contributed by atoms with Crippen LogP contribution in [0.4, 0.5) is 19.0 Å². The fraction of sp³-hybridized carbons (Fsp3) is 0.316. The molecule has 27 heavy (non-hydrogen) atoms. The van der Waals surface area contributed by atoms with E-state index in [0.29, 0.717) is 42.6 Å². The fourth-order valence-corrected chi connectivity index (χ4v) is 3.55. The summed E-state index contributed by atoms with van der Waals surface area (Å²) in [5.41, 5.74) is 8.40. The molecule has 0 spiro atoms. The second-order valence-corrected chi connectivity index (χ2v) is 6.82. The number of pyridine rings is 1. The summed E-state index contributed by atoms with van der Waals surface area (Å²) in [5.74, 6) is -2.71. The van der Waals surface area contributed by atoms with Gasteiger partial charge in [0.05, 0.1) is 5.69 Å². The summed E-state index contributed by atoms with van der Waals surface area (Å²) in [4.78, 5) is 15.2. The molecule has 2 N–H and O–H groups in total. The molecule has 8 heteroatoms. The molecule has 0 bridgehead atoms. The predicted molar refractivity (Wildman–Crippen MR) is 95.9 cm³/mol. The summed E-state index contributed by atoms with van der Waals surface area (Å²) < 4.78 is 40.9. The van der Waals surface area contributed by atoms with E-state index < -0.39 is 23.5 Å². The average Bonchev–Trinajstić information content (AvgIpc) is 2.64. The van der Waals surface area contributed by atoms with E-state index in [1.165, 1.54) is 0 Å². The van der Waals surface area contributed by atoms with Gasteiger partial charge in [-0.25, -0.2) is 23.1 Å². The monoisotopic (exact) mass is 373 g/mol. The summed E-state index contributed by atoms with van der Waals surface area (Å²) in [7, 11) is 0. The van der Waals surface area contributed by atoms with Gasteiger partial charge in [0.1, 0.15) is 17.2 Å². The number of nitrogens with zero attached hydrogens (tertiary/aromatic N) is 4. The molecule has 0 aliphatic carbocycles. The zero-order valence-corrected chi connectivity index (χ0v) is 14.7. The number of anilines is 1. The number of halogens is 3. The molecule has 2 aromatic heterocycles. The largest absolute Gasteiger partial charge is 0.355 e. The molecule has 2 atom stereocenters. The van der Waals surface area contributed by atoms with Crippen LogP contribution in [0, 0.1) is 24.4 Å².